The Morgan fingerprint density at radius 3 is 3.08 bits per heavy atom. The van der Waals surface area contributed by atoms with Gasteiger partial charge in [0.25, 0.3) is 0 Å². The molecule has 1 atom stereocenters. The molecule has 0 saturated carbocycles. The molecule has 8 nitrogen and oxygen atoms in total. The van der Waals surface area contributed by atoms with Crippen LogP contribution in [0.3, 0.4) is 0 Å². The molecule has 1 aromatic carbocycles. The first-order valence-electron chi connectivity index (χ1n) is 7.26. The third-order valence-electron chi connectivity index (χ3n) is 3.49. The van der Waals surface area contributed by atoms with Gasteiger partial charge in [-0.1, -0.05) is 0 Å². The third kappa shape index (κ3) is 3.91. The van der Waals surface area contributed by atoms with E-state index in [0.29, 0.717) is 5.69 Å². The Morgan fingerprint density at radius 1 is 1.67 bits per heavy atom. The van der Waals surface area contributed by atoms with Crippen LogP contribution in [-0.4, -0.2) is 51.9 Å². The second kappa shape index (κ2) is 8.12. The molecule has 1 fully saturated rings. The molecule has 1 aliphatic heterocycles. The summed E-state index contributed by atoms with van der Waals surface area (Å²) in [6.45, 7) is 1.10. The maximum atomic E-state index is 14.4. The van der Waals surface area contributed by atoms with Crippen molar-refractivity contribution in [1.82, 2.24) is 5.32 Å². The highest BCUT2D eigenvalue weighted by Crippen LogP contribution is 2.27. The average Bonchev–Trinajstić information content (AvgIpc) is 2.93. The molecule has 1 aliphatic rings. The molecule has 0 spiro atoms. The Kier molecular flexibility index (Phi) is 5.92. The molecule has 2 rings (SSSR count). The summed E-state index contributed by atoms with van der Waals surface area (Å²) in [5.41, 5.74) is 0.564. The molecule has 1 unspecified atom stereocenters. The van der Waals surface area contributed by atoms with Crippen molar-refractivity contribution in [2.24, 2.45) is 0 Å². The van der Waals surface area contributed by atoms with E-state index in [1.54, 1.807) is 12.3 Å². The van der Waals surface area contributed by atoms with Crippen LogP contribution < -0.4 is 15.1 Å². The van der Waals surface area contributed by atoms with Gasteiger partial charge in [0.2, 0.25) is 0 Å². The maximum absolute atomic E-state index is 14.4. The number of methoxy groups -OCH3 is 1. The number of anilines is 2. The van der Waals surface area contributed by atoms with E-state index in [9.17, 15) is 9.18 Å². The van der Waals surface area contributed by atoms with Gasteiger partial charge in [-0.15, -0.1) is 0 Å². The number of rotatable bonds is 8. The number of amides is 1. The Labute approximate surface area is 138 Å². The van der Waals surface area contributed by atoms with Gasteiger partial charge >= 0.3 is 6.09 Å². The van der Waals surface area contributed by atoms with Gasteiger partial charge in [0.1, 0.15) is 11.9 Å². The fraction of sp³-hybridized carbons (Fsp3) is 0.400. The second-order valence-electron chi connectivity index (χ2n) is 5.07. The molecular formula is C15H18FN5O3. The smallest absolute Gasteiger partial charge is 0.414 e. The van der Waals surface area contributed by atoms with Crippen LogP contribution in [0.2, 0.25) is 0 Å². The van der Waals surface area contributed by atoms with E-state index in [1.807, 2.05) is 0 Å². The minimum Gasteiger partial charge on any atom is -0.441 e. The van der Waals surface area contributed by atoms with Gasteiger partial charge in [-0.05, 0) is 18.2 Å². The lowest BCUT2D eigenvalue weighted by atomic mass is 10.2. The van der Waals surface area contributed by atoms with Crippen LogP contribution in [0.1, 0.15) is 0 Å². The van der Waals surface area contributed by atoms with Gasteiger partial charge in [0, 0.05) is 20.2 Å². The Bertz CT molecular complexity index is 648. The lowest BCUT2D eigenvalue weighted by molar-refractivity contribution is 0.0718. The predicted octanol–water partition coefficient (Wildman–Crippen LogP) is 1.28. The highest BCUT2D eigenvalue weighted by molar-refractivity contribution is 5.90. The molecule has 1 amide bonds. The third-order valence-corrected chi connectivity index (χ3v) is 3.49. The number of benzene rings is 1. The molecule has 0 aromatic heterocycles. The van der Waals surface area contributed by atoms with Crippen molar-refractivity contribution >= 4 is 23.8 Å². The zero-order chi connectivity index (χ0) is 17.5. The van der Waals surface area contributed by atoms with Gasteiger partial charge in [-0.25, -0.2) is 9.18 Å². The minimum absolute atomic E-state index is 0.189. The van der Waals surface area contributed by atoms with E-state index in [0.717, 1.165) is 6.34 Å². The van der Waals surface area contributed by atoms with E-state index in [4.69, 9.17) is 20.1 Å². The number of nitriles is 1. The lowest BCUT2D eigenvalue weighted by Crippen LogP contribution is -2.30. The first kappa shape index (κ1) is 17.5. The largest absolute Gasteiger partial charge is 0.441 e. The van der Waals surface area contributed by atoms with E-state index < -0.39 is 11.9 Å². The average molecular weight is 335 g/mol. The number of hydrogen-bond acceptors (Lipinski definition) is 6. The SMILES string of the molecule is COCC1CN(c2ccc(N(C=N)CCNC#N)c(F)c2)C(=O)O1. The van der Waals surface area contributed by atoms with Crippen molar-refractivity contribution in [3.63, 3.8) is 0 Å². The quantitative estimate of drug-likeness (QED) is 0.244. The molecule has 1 heterocycles. The van der Waals surface area contributed by atoms with E-state index >= 15 is 0 Å². The van der Waals surface area contributed by atoms with Crippen molar-refractivity contribution in [2.45, 2.75) is 6.10 Å². The second-order valence-corrected chi connectivity index (χ2v) is 5.07. The molecular weight excluding hydrogens is 317 g/mol. The summed E-state index contributed by atoms with van der Waals surface area (Å²) in [7, 11) is 1.51. The molecule has 0 bridgehead atoms. The fourth-order valence-electron chi connectivity index (χ4n) is 2.39. The van der Waals surface area contributed by atoms with Crippen molar-refractivity contribution < 1.29 is 18.7 Å². The molecule has 128 valence electrons. The van der Waals surface area contributed by atoms with Gasteiger partial charge in [-0.2, -0.15) is 5.26 Å². The van der Waals surface area contributed by atoms with Crippen molar-refractivity contribution in [3.8, 4) is 6.19 Å². The summed E-state index contributed by atoms with van der Waals surface area (Å²) in [6.07, 6.45) is 1.81. The van der Waals surface area contributed by atoms with Crippen molar-refractivity contribution in [2.75, 3.05) is 43.2 Å². The Morgan fingerprint density at radius 2 is 2.46 bits per heavy atom. The van der Waals surface area contributed by atoms with Crippen molar-refractivity contribution in [1.29, 1.82) is 10.7 Å². The summed E-state index contributed by atoms with van der Waals surface area (Å²) >= 11 is 0. The van der Waals surface area contributed by atoms with Crippen LogP contribution in [0.15, 0.2) is 18.2 Å². The Balaban J connectivity index is 2.13. The van der Waals surface area contributed by atoms with Gasteiger partial charge in [0.15, 0.2) is 6.19 Å². The van der Waals surface area contributed by atoms with Crippen LogP contribution in [0.25, 0.3) is 0 Å². The van der Waals surface area contributed by atoms with Crippen LogP contribution in [0.4, 0.5) is 20.6 Å². The van der Waals surface area contributed by atoms with E-state index in [2.05, 4.69) is 5.32 Å². The highest BCUT2D eigenvalue weighted by Gasteiger charge is 2.32. The topological polar surface area (TPSA) is 102 Å². The number of cyclic esters (lactones) is 1. The summed E-state index contributed by atoms with van der Waals surface area (Å²) < 4.78 is 24.5. The number of carbonyl (C=O) groups excluding carboxylic acids is 1. The number of hydrogen-bond donors (Lipinski definition) is 2. The fourth-order valence-corrected chi connectivity index (χ4v) is 2.39. The predicted molar refractivity (Wildman–Crippen MR) is 85.6 cm³/mol. The first-order chi connectivity index (χ1) is 11.6. The monoisotopic (exact) mass is 335 g/mol. The zero-order valence-corrected chi connectivity index (χ0v) is 13.2. The molecule has 0 aliphatic carbocycles. The first-order valence-corrected chi connectivity index (χ1v) is 7.26. The number of nitrogens with one attached hydrogen (secondary N) is 2. The van der Waals surface area contributed by atoms with Crippen LogP contribution in [0, 0.1) is 22.7 Å². The van der Waals surface area contributed by atoms with Gasteiger partial charge < -0.3 is 19.7 Å². The summed E-state index contributed by atoms with van der Waals surface area (Å²) in [6, 6.07) is 4.29. The molecule has 2 N–H and O–H groups in total. The number of nitrogens with zero attached hydrogens (tertiary/aromatic N) is 3. The van der Waals surface area contributed by atoms with Crippen LogP contribution >= 0.6 is 0 Å². The van der Waals surface area contributed by atoms with Crippen LogP contribution in [0.5, 0.6) is 0 Å². The Hall–Kier alpha value is -2.86. The number of carbonyl (C=O) groups is 1. The number of ether oxygens (including phenoxy) is 2. The molecule has 1 aromatic rings. The molecule has 0 radical (unpaired) electrons. The van der Waals surface area contributed by atoms with Gasteiger partial charge in [-0.3, -0.25) is 10.3 Å². The summed E-state index contributed by atoms with van der Waals surface area (Å²) in [5, 5.41) is 18.3. The lowest BCUT2D eigenvalue weighted by Gasteiger charge is -2.21. The summed E-state index contributed by atoms with van der Waals surface area (Å²) in [5.74, 6) is -0.573. The summed E-state index contributed by atoms with van der Waals surface area (Å²) in [4.78, 5) is 14.6. The standard InChI is InChI=1S/C15H18FN5O3/c1-23-8-12-7-21(15(22)24-12)11-2-3-14(13(16)6-11)20(10-18)5-4-19-9-17/h2-3,6,10,12,18-19H,4-5,7-8H2,1H3. The van der Waals surface area contributed by atoms with E-state index in [-0.39, 0.29) is 38.0 Å². The van der Waals surface area contributed by atoms with Crippen molar-refractivity contribution in [3.05, 3.63) is 24.0 Å². The van der Waals surface area contributed by atoms with E-state index in [1.165, 1.54) is 29.0 Å². The zero-order valence-electron chi connectivity index (χ0n) is 13.2. The highest BCUT2D eigenvalue weighted by atomic mass is 19.1. The minimum atomic E-state index is -0.573. The van der Waals surface area contributed by atoms with Gasteiger partial charge in [0.05, 0.1) is 30.9 Å². The normalized spacial score (nSPS) is 16.5. The molecule has 1 saturated heterocycles. The van der Waals surface area contributed by atoms with Crippen LogP contribution in [-0.2, 0) is 9.47 Å². The number of halogens is 1. The maximum Gasteiger partial charge on any atom is 0.414 e. The molecule has 24 heavy (non-hydrogen) atoms. The molecule has 9 heteroatoms.